The predicted octanol–water partition coefficient (Wildman–Crippen LogP) is 4.91. The van der Waals surface area contributed by atoms with Gasteiger partial charge in [-0.05, 0) is 86.7 Å². The molecule has 2 aromatic carbocycles. The maximum atomic E-state index is 14.4. The first-order valence-electron chi connectivity index (χ1n) is 16.2. The zero-order chi connectivity index (χ0) is 33.5. The van der Waals surface area contributed by atoms with Gasteiger partial charge < -0.3 is 24.6 Å². The summed E-state index contributed by atoms with van der Waals surface area (Å²) in [7, 11) is 5.76. The number of carbonyl (C=O) groups is 2. The lowest BCUT2D eigenvalue weighted by Crippen LogP contribution is -2.43. The van der Waals surface area contributed by atoms with Gasteiger partial charge in [-0.2, -0.15) is 13.2 Å². The Morgan fingerprint density at radius 2 is 1.98 bits per heavy atom. The van der Waals surface area contributed by atoms with Crippen LogP contribution in [0.4, 0.5) is 18.9 Å². The lowest BCUT2D eigenvalue weighted by molar-refractivity contribution is -0.138. The highest BCUT2D eigenvalue weighted by molar-refractivity contribution is 6.10. The van der Waals surface area contributed by atoms with Crippen molar-refractivity contribution in [1.29, 1.82) is 0 Å². The van der Waals surface area contributed by atoms with E-state index in [1.165, 1.54) is 4.90 Å². The maximum absolute atomic E-state index is 14.4. The minimum Gasteiger partial charge on any atom is -0.335 e. The van der Waals surface area contributed by atoms with Gasteiger partial charge in [0.25, 0.3) is 5.91 Å². The molecule has 47 heavy (non-hydrogen) atoms. The fraction of sp³-hybridized carbons (Fsp3) is 0.486. The molecule has 0 spiro atoms. The van der Waals surface area contributed by atoms with Crippen LogP contribution in [0.5, 0.6) is 0 Å². The second kappa shape index (κ2) is 12.9. The van der Waals surface area contributed by atoms with Gasteiger partial charge in [-0.25, -0.2) is 0 Å². The average molecular weight is 650 g/mol. The average Bonchev–Trinajstić information content (AvgIpc) is 3.73. The molecule has 250 valence electrons. The monoisotopic (exact) mass is 649 g/mol. The van der Waals surface area contributed by atoms with Gasteiger partial charge in [0.15, 0.2) is 0 Å². The summed E-state index contributed by atoms with van der Waals surface area (Å²) in [5, 5.41) is 11.7. The second-order valence-electron chi connectivity index (χ2n) is 13.6. The first-order chi connectivity index (χ1) is 22.4. The highest BCUT2D eigenvalue weighted by Crippen LogP contribution is 2.52. The predicted molar refractivity (Wildman–Crippen MR) is 173 cm³/mol. The number of nitrogens with zero attached hydrogens (tertiary/aromatic N) is 6. The van der Waals surface area contributed by atoms with Crippen molar-refractivity contribution in [3.63, 3.8) is 0 Å². The van der Waals surface area contributed by atoms with Crippen LogP contribution >= 0.6 is 0 Å². The molecule has 1 saturated heterocycles. The summed E-state index contributed by atoms with van der Waals surface area (Å²) < 4.78 is 45.2. The Labute approximate surface area is 273 Å². The van der Waals surface area contributed by atoms with Crippen molar-refractivity contribution >= 4 is 17.5 Å². The van der Waals surface area contributed by atoms with Crippen LogP contribution in [-0.2, 0) is 36.5 Å². The number of carbonyl (C=O) groups excluding carboxylic acids is 2. The minimum atomic E-state index is -4.62. The molecule has 2 aliphatic heterocycles. The van der Waals surface area contributed by atoms with E-state index >= 15 is 0 Å². The highest BCUT2D eigenvalue weighted by Gasteiger charge is 2.48. The van der Waals surface area contributed by atoms with Crippen LogP contribution < -0.4 is 10.2 Å². The SMILES string of the molecule is CC1CC(c2cccc(N3Cc4c(cc(CNC[C@@H]5CCCN5C(=O)/C=C/CN(C)C)cc4C(F)(F)F)C3=O)c2)(c2nncn2C)C1. The molecular formula is C35H42F3N7O2. The van der Waals surface area contributed by atoms with E-state index < -0.39 is 17.6 Å². The van der Waals surface area contributed by atoms with Crippen molar-refractivity contribution in [1.82, 2.24) is 29.9 Å². The van der Waals surface area contributed by atoms with E-state index in [1.54, 1.807) is 24.5 Å². The summed E-state index contributed by atoms with van der Waals surface area (Å²) in [6, 6.07) is 10.2. The highest BCUT2D eigenvalue weighted by atomic mass is 19.4. The van der Waals surface area contributed by atoms with E-state index in [4.69, 9.17) is 0 Å². The third kappa shape index (κ3) is 6.45. The summed E-state index contributed by atoms with van der Waals surface area (Å²) in [6.45, 7) is 3.93. The molecule has 12 heteroatoms. The Kier molecular flexibility index (Phi) is 9.01. The first kappa shape index (κ1) is 32.9. The molecule has 0 radical (unpaired) electrons. The topological polar surface area (TPSA) is 86.6 Å². The molecular weight excluding hydrogens is 607 g/mol. The summed E-state index contributed by atoms with van der Waals surface area (Å²) in [6.07, 6.45) is 3.89. The molecule has 0 bridgehead atoms. The minimum absolute atomic E-state index is 0.00555. The number of hydrogen-bond acceptors (Lipinski definition) is 6. The molecule has 3 aromatic rings. The molecule has 3 heterocycles. The summed E-state index contributed by atoms with van der Waals surface area (Å²) in [5.41, 5.74) is 0.830. The lowest BCUT2D eigenvalue weighted by Gasteiger charge is -2.46. The van der Waals surface area contributed by atoms with Crippen LogP contribution in [0.1, 0.15) is 71.0 Å². The smallest absolute Gasteiger partial charge is 0.335 e. The van der Waals surface area contributed by atoms with Gasteiger partial charge in [-0.1, -0.05) is 25.1 Å². The van der Waals surface area contributed by atoms with Crippen LogP contribution in [0.25, 0.3) is 0 Å². The van der Waals surface area contributed by atoms with Crippen molar-refractivity contribution in [2.45, 2.75) is 63.3 Å². The normalized spacial score (nSPS) is 22.9. The number of aromatic nitrogens is 3. The molecule has 1 saturated carbocycles. The Balaban J connectivity index is 1.20. The summed E-state index contributed by atoms with van der Waals surface area (Å²) in [5.74, 6) is 0.816. The Hall–Kier alpha value is -4.03. The number of nitrogens with one attached hydrogen (secondary N) is 1. The number of likely N-dealkylation sites (N-methyl/N-ethyl adjacent to an activating group) is 1. The Morgan fingerprint density at radius 1 is 1.19 bits per heavy atom. The molecule has 9 nitrogen and oxygen atoms in total. The molecule has 1 aliphatic carbocycles. The van der Waals surface area contributed by atoms with Crippen molar-refractivity contribution in [2.75, 3.05) is 38.6 Å². The molecule has 0 unspecified atom stereocenters. The number of rotatable bonds is 10. The van der Waals surface area contributed by atoms with Crippen molar-refractivity contribution in [3.05, 3.63) is 88.5 Å². The van der Waals surface area contributed by atoms with Gasteiger partial charge in [0.05, 0.1) is 17.5 Å². The lowest BCUT2D eigenvalue weighted by atomic mass is 9.58. The van der Waals surface area contributed by atoms with Crippen LogP contribution in [0, 0.1) is 5.92 Å². The van der Waals surface area contributed by atoms with Gasteiger partial charge >= 0.3 is 6.18 Å². The Morgan fingerprint density at radius 3 is 2.66 bits per heavy atom. The zero-order valence-corrected chi connectivity index (χ0v) is 27.3. The van der Waals surface area contributed by atoms with Crippen molar-refractivity contribution < 1.29 is 22.8 Å². The standard InChI is InChI=1S/C35H42F3N7O2/c1-23-17-34(18-23,33-41-40-22-43(33)4)25-8-5-9-26(16-25)45-21-29-28(32(45)47)14-24(15-30(29)35(36,37)38)19-39-20-27-10-6-13-44(27)31(46)11-7-12-42(2)3/h5,7-9,11,14-16,22-23,27,39H,6,10,12-13,17-21H2,1-4H3/b11-7+/t23?,27-,34?/m0/s1. The van der Waals surface area contributed by atoms with Crippen molar-refractivity contribution in [3.8, 4) is 0 Å². The van der Waals surface area contributed by atoms with E-state index in [-0.39, 0.29) is 41.6 Å². The number of hydrogen-bond donors (Lipinski definition) is 1. The molecule has 3 aliphatic rings. The maximum Gasteiger partial charge on any atom is 0.416 e. The largest absolute Gasteiger partial charge is 0.416 e. The van der Waals surface area contributed by atoms with Gasteiger partial charge in [-0.3, -0.25) is 9.59 Å². The van der Waals surface area contributed by atoms with Crippen LogP contribution in [0.15, 0.2) is 54.9 Å². The fourth-order valence-electron chi connectivity index (χ4n) is 7.58. The van der Waals surface area contributed by atoms with Crippen LogP contribution in [-0.4, -0.2) is 76.2 Å². The number of likely N-dealkylation sites (tertiary alicyclic amines) is 1. The number of fused-ring (bicyclic) bond motifs is 1. The fourth-order valence-corrected chi connectivity index (χ4v) is 7.58. The summed E-state index contributed by atoms with van der Waals surface area (Å²) in [4.78, 5) is 31.8. The van der Waals surface area contributed by atoms with Crippen LogP contribution in [0.2, 0.25) is 0 Å². The van der Waals surface area contributed by atoms with E-state index in [1.807, 2.05) is 59.8 Å². The van der Waals surface area contributed by atoms with Crippen LogP contribution in [0.3, 0.4) is 0 Å². The molecule has 1 N–H and O–H groups in total. The zero-order valence-electron chi connectivity index (χ0n) is 27.3. The van der Waals surface area contributed by atoms with E-state index in [9.17, 15) is 22.8 Å². The first-order valence-corrected chi connectivity index (χ1v) is 16.2. The molecule has 1 aromatic heterocycles. The van der Waals surface area contributed by atoms with Gasteiger partial charge in [-0.15, -0.1) is 10.2 Å². The number of alkyl halides is 3. The number of amides is 2. The van der Waals surface area contributed by atoms with Gasteiger partial charge in [0.1, 0.15) is 12.2 Å². The summed E-state index contributed by atoms with van der Waals surface area (Å²) >= 11 is 0. The van der Waals surface area contributed by atoms with Gasteiger partial charge in [0, 0.05) is 56.6 Å². The Bertz CT molecular complexity index is 1680. The van der Waals surface area contributed by atoms with E-state index in [2.05, 4.69) is 22.4 Å². The third-order valence-corrected chi connectivity index (χ3v) is 9.75. The van der Waals surface area contributed by atoms with Crippen molar-refractivity contribution in [2.24, 2.45) is 13.0 Å². The quantitative estimate of drug-likeness (QED) is 0.315. The molecule has 2 amide bonds. The molecule has 2 fully saturated rings. The number of halogens is 3. The molecule has 1 atom stereocenters. The van der Waals surface area contributed by atoms with E-state index in [0.717, 1.165) is 43.1 Å². The third-order valence-electron chi connectivity index (χ3n) is 9.75. The number of benzene rings is 2. The van der Waals surface area contributed by atoms with E-state index in [0.29, 0.717) is 36.8 Å². The number of aryl methyl sites for hydroxylation is 1. The molecule has 6 rings (SSSR count). The second-order valence-corrected chi connectivity index (χ2v) is 13.6. The number of anilines is 1. The van der Waals surface area contributed by atoms with Gasteiger partial charge in [0.2, 0.25) is 5.91 Å².